The van der Waals surface area contributed by atoms with Gasteiger partial charge in [0.2, 0.25) is 0 Å². The van der Waals surface area contributed by atoms with Crippen molar-refractivity contribution in [2.24, 2.45) is 0 Å². The second kappa shape index (κ2) is 5.60. The van der Waals surface area contributed by atoms with Crippen LogP contribution in [-0.2, 0) is 0 Å². The molecule has 0 atom stereocenters. The second-order valence-corrected chi connectivity index (χ2v) is 0.671. The molecule has 0 aromatic rings. The fraction of sp³-hybridized carbons (Fsp3) is 0. The molecule has 0 aliphatic carbocycles. The maximum atomic E-state index is 8.48. The van der Waals surface area contributed by atoms with Crippen LogP contribution < -0.4 is 14.7 Å². The summed E-state index contributed by atoms with van der Waals surface area (Å²) in [7, 11) is -3.37. The summed E-state index contributed by atoms with van der Waals surface area (Å²) in [5.41, 5.74) is 0. The van der Waals surface area contributed by atoms with Gasteiger partial charge in [0.1, 0.15) is 0 Å². The third-order valence-corrected chi connectivity index (χ3v) is 0. The molecule has 0 aromatic heterocycles. The molecule has 0 spiro atoms. The topological polar surface area (TPSA) is 69.2 Å². The molecule has 0 fully saturated rings. The van der Waals surface area contributed by atoms with Gasteiger partial charge in [0, 0.05) is 0 Å². The summed E-state index contributed by atoms with van der Waals surface area (Å²) in [6, 6.07) is 0. The van der Waals surface area contributed by atoms with Gasteiger partial charge in [-0.3, -0.25) is 0 Å². The van der Waals surface area contributed by atoms with E-state index in [1.165, 1.54) is 0 Å². The Labute approximate surface area is 61.5 Å². The fourth-order valence-corrected chi connectivity index (χ4v) is 0. The van der Waals surface area contributed by atoms with Gasteiger partial charge in [0.15, 0.2) is 0 Å². The van der Waals surface area contributed by atoms with E-state index < -0.39 is 8.60 Å². The summed E-state index contributed by atoms with van der Waals surface area (Å²) in [5.74, 6) is 0. The van der Waals surface area contributed by atoms with Gasteiger partial charge in [0.25, 0.3) is 0 Å². The van der Waals surface area contributed by atoms with Crippen molar-refractivity contribution in [3.8, 4) is 0 Å². The van der Waals surface area contributed by atoms with Crippen molar-refractivity contribution in [3.63, 3.8) is 0 Å². The third kappa shape index (κ3) is 28.4. The SMILES string of the molecule is [O-]P([O-])[O-].[Tb+3]. The van der Waals surface area contributed by atoms with Gasteiger partial charge in [0.05, 0.1) is 0 Å². The summed E-state index contributed by atoms with van der Waals surface area (Å²) in [6.45, 7) is 0. The van der Waals surface area contributed by atoms with Crippen LogP contribution in [0.25, 0.3) is 0 Å². The van der Waals surface area contributed by atoms with Crippen LogP contribution in [0.4, 0.5) is 0 Å². The van der Waals surface area contributed by atoms with E-state index in [-0.39, 0.29) is 38.6 Å². The minimum atomic E-state index is -3.37. The van der Waals surface area contributed by atoms with E-state index in [0.717, 1.165) is 0 Å². The number of rotatable bonds is 0. The first-order valence-corrected chi connectivity index (χ1v) is 1.64. The smallest absolute Gasteiger partial charge is 0.854 e. The first-order chi connectivity index (χ1) is 1.73. The van der Waals surface area contributed by atoms with Crippen molar-refractivity contribution in [2.75, 3.05) is 0 Å². The zero-order valence-corrected chi connectivity index (χ0v) is 5.04. The molecule has 0 bridgehead atoms. The average Bonchev–Trinajstić information content (AvgIpc) is 0.811. The first kappa shape index (κ1) is 9.78. The van der Waals surface area contributed by atoms with Crippen LogP contribution >= 0.6 is 8.60 Å². The second-order valence-electron chi connectivity index (χ2n) is 0.224. The van der Waals surface area contributed by atoms with Gasteiger partial charge in [-0.2, -0.15) is 0 Å². The molecule has 0 radical (unpaired) electrons. The molecular weight excluding hydrogens is 238 g/mol. The van der Waals surface area contributed by atoms with Gasteiger partial charge in [-0.05, 0) is 0 Å². The Bertz CT molecular complexity index is 11.6. The molecule has 32 valence electrons. The molecule has 0 saturated heterocycles. The Morgan fingerprint density at radius 2 is 1.00 bits per heavy atom. The molecule has 0 rings (SSSR count). The van der Waals surface area contributed by atoms with Gasteiger partial charge >= 0.3 is 38.6 Å². The zero-order valence-electron chi connectivity index (χ0n) is 2.01. The van der Waals surface area contributed by atoms with Crippen LogP contribution in [0.15, 0.2) is 0 Å². The summed E-state index contributed by atoms with van der Waals surface area (Å²) < 4.78 is 0. The molecule has 5 heavy (non-hydrogen) atoms. The maximum Gasteiger partial charge on any atom is 3.00 e. The zero-order chi connectivity index (χ0) is 3.58. The fourth-order valence-electron chi connectivity index (χ4n) is 0. The standard InChI is InChI=1S/O3P.Tb/c1-4(2)3;/q-3;+3. The van der Waals surface area contributed by atoms with E-state index in [2.05, 4.69) is 0 Å². The van der Waals surface area contributed by atoms with Crippen molar-refractivity contribution < 1.29 is 53.3 Å². The van der Waals surface area contributed by atoms with E-state index in [4.69, 9.17) is 14.7 Å². The predicted molar refractivity (Wildman–Crippen MR) is 6.92 cm³/mol. The normalized spacial score (nSPS) is 7.20. The average molecular weight is 238 g/mol. The van der Waals surface area contributed by atoms with Crippen molar-refractivity contribution in [3.05, 3.63) is 0 Å². The molecule has 0 N–H and O–H groups in total. The van der Waals surface area contributed by atoms with E-state index in [1.54, 1.807) is 0 Å². The number of hydrogen-bond donors (Lipinski definition) is 0. The van der Waals surface area contributed by atoms with Gasteiger partial charge in [-0.15, -0.1) is 0 Å². The first-order valence-electron chi connectivity index (χ1n) is 0.548. The van der Waals surface area contributed by atoms with Gasteiger partial charge in [-0.25, -0.2) is 0 Å². The molecule has 0 aliphatic heterocycles. The summed E-state index contributed by atoms with van der Waals surface area (Å²) in [5, 5.41) is 0. The van der Waals surface area contributed by atoms with Gasteiger partial charge in [-0.1, -0.05) is 0 Å². The van der Waals surface area contributed by atoms with Crippen LogP contribution in [-0.4, -0.2) is 0 Å². The minimum absolute atomic E-state index is 0. The van der Waals surface area contributed by atoms with Crippen LogP contribution in [0.3, 0.4) is 0 Å². The molecule has 0 aliphatic rings. The molecule has 0 unspecified atom stereocenters. The molecule has 5 heteroatoms. The molecule has 0 amide bonds. The van der Waals surface area contributed by atoms with Crippen LogP contribution in [0.2, 0.25) is 0 Å². The van der Waals surface area contributed by atoms with Crippen molar-refractivity contribution in [2.45, 2.75) is 0 Å². The molecule has 3 nitrogen and oxygen atoms in total. The van der Waals surface area contributed by atoms with Crippen LogP contribution in [0.1, 0.15) is 0 Å². The van der Waals surface area contributed by atoms with Crippen LogP contribution in [0.5, 0.6) is 0 Å². The molecule has 0 saturated carbocycles. The Morgan fingerprint density at radius 1 is 1.00 bits per heavy atom. The van der Waals surface area contributed by atoms with Gasteiger partial charge < -0.3 is 23.3 Å². The van der Waals surface area contributed by atoms with E-state index in [9.17, 15) is 0 Å². The Kier molecular flexibility index (Phi) is 10.9. The minimum Gasteiger partial charge on any atom is -0.854 e. The largest absolute Gasteiger partial charge is 3.00 e. The maximum absolute atomic E-state index is 8.48. The molecular formula is O3PTb. The molecule has 0 heterocycles. The Balaban J connectivity index is 0. The number of hydrogen-bond acceptors (Lipinski definition) is 3. The Morgan fingerprint density at radius 3 is 1.00 bits per heavy atom. The Hall–Kier alpha value is 1.60. The quantitative estimate of drug-likeness (QED) is 0.431. The summed E-state index contributed by atoms with van der Waals surface area (Å²) in [4.78, 5) is 25.4. The van der Waals surface area contributed by atoms with Crippen LogP contribution in [0, 0.1) is 38.6 Å². The monoisotopic (exact) mass is 238 g/mol. The van der Waals surface area contributed by atoms with Crippen molar-refractivity contribution in [1.82, 2.24) is 0 Å². The van der Waals surface area contributed by atoms with Crippen molar-refractivity contribution >= 4 is 8.60 Å². The van der Waals surface area contributed by atoms with E-state index >= 15 is 0 Å². The van der Waals surface area contributed by atoms with Crippen molar-refractivity contribution in [1.29, 1.82) is 0 Å². The molecule has 0 aromatic carbocycles. The predicted octanol–water partition coefficient (Wildman–Crippen LogP) is -2.71. The summed E-state index contributed by atoms with van der Waals surface area (Å²) >= 11 is 0. The third-order valence-electron chi connectivity index (χ3n) is 0. The summed E-state index contributed by atoms with van der Waals surface area (Å²) in [6.07, 6.45) is 0. The van der Waals surface area contributed by atoms with E-state index in [1.807, 2.05) is 0 Å². The van der Waals surface area contributed by atoms with E-state index in [0.29, 0.717) is 0 Å².